The Kier molecular flexibility index (Phi) is 49.4. The lowest BCUT2D eigenvalue weighted by atomic mass is 9.92. The first-order chi connectivity index (χ1) is 33.6. The summed E-state index contributed by atoms with van der Waals surface area (Å²) in [7, 11) is 0. The molecule has 1 rings (SSSR count). The predicted octanol–water partition coefficient (Wildman–Crippen LogP) is 19.1. The van der Waals surface area contributed by atoms with E-state index in [9.17, 15) is 19.8 Å². The van der Waals surface area contributed by atoms with E-state index in [1.807, 2.05) is 0 Å². The van der Waals surface area contributed by atoms with Gasteiger partial charge in [-0.15, -0.1) is 0 Å². The number of rotatable bonds is 53. The fourth-order valence-electron chi connectivity index (χ4n) is 10.2. The molecular weight excluding hydrogens is 841 g/mol. The van der Waals surface area contributed by atoms with Crippen LogP contribution in [0.2, 0.25) is 0 Å². The summed E-state index contributed by atoms with van der Waals surface area (Å²) in [4.78, 5) is 24.7. The molecule has 1 unspecified atom stereocenters. The molecule has 1 aliphatic heterocycles. The minimum atomic E-state index is -1.12. The number of hydrogen-bond acceptors (Lipinski definition) is 6. The van der Waals surface area contributed by atoms with Gasteiger partial charge in [-0.2, -0.15) is 0 Å². The average Bonchev–Trinajstić information content (AvgIpc) is 3.40. The van der Waals surface area contributed by atoms with Gasteiger partial charge in [0.25, 0.3) is 0 Å². The molecule has 0 bridgehead atoms. The number of allylic oxidation sites excluding steroid dienone is 2. The fourth-order valence-corrected chi connectivity index (χ4v) is 10.2. The average molecular weight is 960 g/mol. The Morgan fingerprint density at radius 1 is 0.382 bits per heavy atom. The fraction of sp³-hybridized carbons (Fsp3) is 0.935. The Morgan fingerprint density at radius 2 is 0.632 bits per heavy atom. The van der Waals surface area contributed by atoms with Crippen LogP contribution in [0.1, 0.15) is 334 Å². The molecule has 0 spiro atoms. The van der Waals surface area contributed by atoms with Gasteiger partial charge in [0.15, 0.2) is 0 Å². The van der Waals surface area contributed by atoms with E-state index in [4.69, 9.17) is 9.47 Å². The Labute approximate surface area is 423 Å². The topological polar surface area (TPSA) is 93.1 Å². The third-order valence-corrected chi connectivity index (χ3v) is 15.3. The van der Waals surface area contributed by atoms with Crippen molar-refractivity contribution < 1.29 is 29.3 Å². The Balaban J connectivity index is 1.69. The van der Waals surface area contributed by atoms with Gasteiger partial charge >= 0.3 is 11.9 Å². The minimum absolute atomic E-state index is 0.00413. The summed E-state index contributed by atoms with van der Waals surface area (Å²) >= 11 is 0. The molecule has 0 amide bonds. The van der Waals surface area contributed by atoms with Crippen LogP contribution in [0.25, 0.3) is 0 Å². The molecule has 6 nitrogen and oxygen atoms in total. The lowest BCUT2D eigenvalue weighted by molar-refractivity contribution is -0.155. The number of unbranched alkanes of at least 4 members (excludes halogenated alkanes) is 47. The van der Waals surface area contributed by atoms with Crippen molar-refractivity contribution in [3.8, 4) is 0 Å². The van der Waals surface area contributed by atoms with Crippen LogP contribution in [-0.4, -0.2) is 48.6 Å². The van der Waals surface area contributed by atoms with E-state index in [1.54, 1.807) is 0 Å². The second-order valence-electron chi connectivity index (χ2n) is 22.1. The minimum Gasteiger partial charge on any atom is -0.465 e. The number of ether oxygens (including phenoxy) is 2. The van der Waals surface area contributed by atoms with Crippen molar-refractivity contribution in [1.29, 1.82) is 0 Å². The number of hydrogen-bond donors (Lipinski definition) is 2. The van der Waals surface area contributed by atoms with E-state index in [-0.39, 0.29) is 19.6 Å². The van der Waals surface area contributed by atoms with Crippen LogP contribution >= 0.6 is 0 Å². The highest BCUT2D eigenvalue weighted by molar-refractivity contribution is 5.80. The number of aliphatic hydroxyl groups is 2. The van der Waals surface area contributed by atoms with Crippen LogP contribution in [0.15, 0.2) is 12.2 Å². The largest absolute Gasteiger partial charge is 0.465 e. The second-order valence-corrected chi connectivity index (χ2v) is 22.1. The molecule has 0 aromatic rings. The Morgan fingerprint density at radius 3 is 0.912 bits per heavy atom. The second kappa shape index (κ2) is 51.9. The zero-order valence-corrected chi connectivity index (χ0v) is 45.7. The first-order valence-corrected chi connectivity index (χ1v) is 30.8. The maximum Gasteiger partial charge on any atom is 0.309 e. The Bertz CT molecular complexity index is 1070. The van der Waals surface area contributed by atoms with Gasteiger partial charge in [0.2, 0.25) is 0 Å². The summed E-state index contributed by atoms with van der Waals surface area (Å²) in [5.74, 6) is -1.40. The first-order valence-electron chi connectivity index (χ1n) is 30.8. The van der Waals surface area contributed by atoms with Crippen molar-refractivity contribution >= 4 is 11.9 Å². The van der Waals surface area contributed by atoms with Crippen molar-refractivity contribution in [2.45, 2.75) is 334 Å². The monoisotopic (exact) mass is 959 g/mol. The lowest BCUT2D eigenvalue weighted by Gasteiger charge is -2.27. The van der Waals surface area contributed by atoms with E-state index in [1.165, 1.54) is 295 Å². The molecule has 68 heavy (non-hydrogen) atoms. The Hall–Kier alpha value is -1.40. The standard InChI is InChI=1S/C62H118O6/c1-2-3-4-5-6-7-8-9-10-11-12-13-14-15-16-17-18-19-20-21-22-23-24-25-26-27-28-29-30-31-32-33-34-35-36-37-38-39-40-41-42-43-44-45-46-47-48-49-50-51-52-53-59-54-60(65)67-57-62(55-63,56-64)58-68-61(59)66/h29-30,59,63-64H,2-28,31-58H2,1H3/b30-29+. The molecule has 0 aromatic carbocycles. The van der Waals surface area contributed by atoms with Crippen LogP contribution in [0, 0.1) is 11.3 Å². The zero-order valence-electron chi connectivity index (χ0n) is 45.7. The SMILES string of the molecule is CCCCCCCCCCCCCCCCCCCCCCCCCCCC/C=C/CCCCCCCCCCCCCCCCCCCCCCCC1CC(=O)OCC(CO)(CO)COC1=O. The predicted molar refractivity (Wildman–Crippen MR) is 292 cm³/mol. The van der Waals surface area contributed by atoms with Crippen LogP contribution in [0.5, 0.6) is 0 Å². The number of esters is 2. The van der Waals surface area contributed by atoms with Crippen molar-refractivity contribution in [3.05, 3.63) is 12.2 Å². The molecule has 0 radical (unpaired) electrons. The maximum absolute atomic E-state index is 12.5. The summed E-state index contributed by atoms with van der Waals surface area (Å²) in [5.41, 5.74) is -1.12. The van der Waals surface area contributed by atoms with Crippen LogP contribution in [0.4, 0.5) is 0 Å². The highest BCUT2D eigenvalue weighted by Crippen LogP contribution is 2.25. The van der Waals surface area contributed by atoms with Crippen molar-refractivity contribution in [3.63, 3.8) is 0 Å². The summed E-state index contributed by atoms with van der Waals surface area (Å²) in [6.07, 6.45) is 74.2. The first kappa shape index (κ1) is 64.6. The van der Waals surface area contributed by atoms with Gasteiger partial charge in [-0.25, -0.2) is 0 Å². The number of carbonyl (C=O) groups is 2. The molecule has 6 heteroatoms. The lowest BCUT2D eigenvalue weighted by Crippen LogP contribution is -2.40. The molecule has 1 aliphatic rings. The molecule has 0 saturated carbocycles. The summed E-state index contributed by atoms with van der Waals surface area (Å²) in [6.45, 7) is 1.21. The summed E-state index contributed by atoms with van der Waals surface area (Å²) in [6, 6.07) is 0. The molecule has 402 valence electrons. The highest BCUT2D eigenvalue weighted by atomic mass is 16.6. The highest BCUT2D eigenvalue weighted by Gasteiger charge is 2.36. The van der Waals surface area contributed by atoms with E-state index in [0.717, 1.165) is 19.3 Å². The van der Waals surface area contributed by atoms with E-state index in [2.05, 4.69) is 19.1 Å². The number of cyclic esters (lactones) is 2. The van der Waals surface area contributed by atoms with Gasteiger partial charge < -0.3 is 19.7 Å². The van der Waals surface area contributed by atoms with Gasteiger partial charge in [-0.05, 0) is 32.1 Å². The molecule has 1 fully saturated rings. The summed E-state index contributed by atoms with van der Waals surface area (Å²) in [5, 5.41) is 19.2. The van der Waals surface area contributed by atoms with E-state index < -0.39 is 36.5 Å². The van der Waals surface area contributed by atoms with Crippen LogP contribution < -0.4 is 0 Å². The van der Waals surface area contributed by atoms with E-state index >= 15 is 0 Å². The molecule has 0 aromatic heterocycles. The van der Waals surface area contributed by atoms with Crippen LogP contribution in [-0.2, 0) is 19.1 Å². The number of carbonyl (C=O) groups excluding carboxylic acids is 2. The van der Waals surface area contributed by atoms with E-state index in [0.29, 0.717) is 6.42 Å². The third kappa shape index (κ3) is 43.4. The smallest absolute Gasteiger partial charge is 0.309 e. The van der Waals surface area contributed by atoms with Gasteiger partial charge in [0, 0.05) is 0 Å². The van der Waals surface area contributed by atoms with Gasteiger partial charge in [-0.3, -0.25) is 9.59 Å². The number of aliphatic hydroxyl groups excluding tert-OH is 2. The summed E-state index contributed by atoms with van der Waals surface area (Å²) < 4.78 is 10.6. The van der Waals surface area contributed by atoms with Crippen molar-refractivity contribution in [2.24, 2.45) is 11.3 Å². The third-order valence-electron chi connectivity index (χ3n) is 15.3. The van der Waals surface area contributed by atoms with Gasteiger partial charge in [-0.1, -0.05) is 308 Å². The molecule has 1 saturated heterocycles. The van der Waals surface area contributed by atoms with Gasteiger partial charge in [0.05, 0.1) is 31.0 Å². The molecule has 1 heterocycles. The van der Waals surface area contributed by atoms with Gasteiger partial charge in [0.1, 0.15) is 13.2 Å². The van der Waals surface area contributed by atoms with Crippen LogP contribution in [0.3, 0.4) is 0 Å². The molecule has 1 atom stereocenters. The molecule has 2 N–H and O–H groups in total. The molecule has 0 aliphatic carbocycles. The van der Waals surface area contributed by atoms with Crippen molar-refractivity contribution in [1.82, 2.24) is 0 Å². The molecular formula is C62H118O6. The van der Waals surface area contributed by atoms with Crippen molar-refractivity contribution in [2.75, 3.05) is 26.4 Å². The maximum atomic E-state index is 12.5. The zero-order chi connectivity index (χ0) is 49.0. The normalized spacial score (nSPS) is 15.4. The quantitative estimate of drug-likeness (QED) is 0.0358.